The SMILES string of the molecule is Cc1cc(=O)n(C)cc1NC(=O)N1CCC(c2cccc(F)c2)C1. The Hall–Kier alpha value is -2.63. The van der Waals surface area contributed by atoms with Crippen LogP contribution in [0.5, 0.6) is 0 Å². The molecule has 1 fully saturated rings. The minimum Gasteiger partial charge on any atom is -0.324 e. The number of anilines is 1. The van der Waals surface area contributed by atoms with Gasteiger partial charge in [-0.2, -0.15) is 0 Å². The van der Waals surface area contributed by atoms with Crippen molar-refractivity contribution in [3.05, 3.63) is 63.8 Å². The largest absolute Gasteiger partial charge is 0.324 e. The predicted octanol–water partition coefficient (Wildman–Crippen LogP) is 2.85. The number of aromatic nitrogens is 1. The zero-order valence-electron chi connectivity index (χ0n) is 13.8. The first-order valence-electron chi connectivity index (χ1n) is 7.92. The zero-order chi connectivity index (χ0) is 17.3. The number of hydrogen-bond donors (Lipinski definition) is 1. The van der Waals surface area contributed by atoms with Crippen LogP contribution < -0.4 is 10.9 Å². The summed E-state index contributed by atoms with van der Waals surface area (Å²) in [6, 6.07) is 7.84. The summed E-state index contributed by atoms with van der Waals surface area (Å²) in [4.78, 5) is 25.8. The van der Waals surface area contributed by atoms with E-state index in [0.29, 0.717) is 18.8 Å². The van der Waals surface area contributed by atoms with Crippen molar-refractivity contribution in [3.8, 4) is 0 Å². The van der Waals surface area contributed by atoms with Crippen LogP contribution in [0.2, 0.25) is 0 Å². The third-order valence-electron chi connectivity index (χ3n) is 4.47. The summed E-state index contributed by atoms with van der Waals surface area (Å²) in [5, 5.41) is 2.86. The molecule has 3 rings (SSSR count). The number of carbonyl (C=O) groups is 1. The molecule has 1 saturated heterocycles. The summed E-state index contributed by atoms with van der Waals surface area (Å²) in [7, 11) is 1.65. The second-order valence-electron chi connectivity index (χ2n) is 6.24. The number of amides is 2. The van der Waals surface area contributed by atoms with E-state index in [9.17, 15) is 14.0 Å². The van der Waals surface area contributed by atoms with Crippen LogP contribution in [0.25, 0.3) is 0 Å². The van der Waals surface area contributed by atoms with Gasteiger partial charge < -0.3 is 14.8 Å². The number of nitrogens with zero attached hydrogens (tertiary/aromatic N) is 2. The molecule has 1 aromatic heterocycles. The number of nitrogens with one attached hydrogen (secondary N) is 1. The van der Waals surface area contributed by atoms with E-state index in [1.54, 1.807) is 31.1 Å². The van der Waals surface area contributed by atoms with E-state index in [4.69, 9.17) is 0 Å². The highest BCUT2D eigenvalue weighted by Gasteiger charge is 2.27. The zero-order valence-corrected chi connectivity index (χ0v) is 13.8. The van der Waals surface area contributed by atoms with Crippen molar-refractivity contribution in [2.24, 2.45) is 7.05 Å². The number of rotatable bonds is 2. The molecule has 0 saturated carbocycles. The second kappa shape index (κ2) is 6.47. The standard InChI is InChI=1S/C18H20FN3O2/c1-12-8-17(23)21(2)11-16(12)20-18(24)22-7-6-14(10-22)13-4-3-5-15(19)9-13/h3-5,8-9,11,14H,6-7,10H2,1-2H3,(H,20,24). The molecule has 0 aliphatic carbocycles. The van der Waals surface area contributed by atoms with E-state index in [1.165, 1.54) is 22.8 Å². The molecule has 1 aromatic carbocycles. The van der Waals surface area contributed by atoms with Gasteiger partial charge in [0, 0.05) is 38.3 Å². The summed E-state index contributed by atoms with van der Waals surface area (Å²) in [6.45, 7) is 2.97. The highest BCUT2D eigenvalue weighted by atomic mass is 19.1. The topological polar surface area (TPSA) is 54.3 Å². The number of halogens is 1. The van der Waals surface area contributed by atoms with Gasteiger partial charge in [-0.25, -0.2) is 9.18 Å². The van der Waals surface area contributed by atoms with Crippen molar-refractivity contribution >= 4 is 11.7 Å². The number of aryl methyl sites for hydroxylation is 2. The van der Waals surface area contributed by atoms with Gasteiger partial charge >= 0.3 is 6.03 Å². The lowest BCUT2D eigenvalue weighted by atomic mass is 9.98. The van der Waals surface area contributed by atoms with Crippen molar-refractivity contribution in [2.45, 2.75) is 19.3 Å². The fraction of sp³-hybridized carbons (Fsp3) is 0.333. The summed E-state index contributed by atoms with van der Waals surface area (Å²) >= 11 is 0. The molecule has 0 radical (unpaired) electrons. The van der Waals surface area contributed by atoms with Gasteiger partial charge in [-0.05, 0) is 36.6 Å². The van der Waals surface area contributed by atoms with Crippen LogP contribution in [0, 0.1) is 12.7 Å². The van der Waals surface area contributed by atoms with Crippen molar-refractivity contribution < 1.29 is 9.18 Å². The van der Waals surface area contributed by atoms with Crippen LogP contribution in [0.3, 0.4) is 0 Å². The van der Waals surface area contributed by atoms with Crippen LogP contribution >= 0.6 is 0 Å². The Morgan fingerprint density at radius 1 is 1.33 bits per heavy atom. The summed E-state index contributed by atoms with van der Waals surface area (Å²) in [5.74, 6) is -0.107. The Balaban J connectivity index is 1.69. The van der Waals surface area contributed by atoms with Gasteiger partial charge in [0.15, 0.2) is 0 Å². The summed E-state index contributed by atoms with van der Waals surface area (Å²) in [6.07, 6.45) is 2.43. The number of carbonyl (C=O) groups excluding carboxylic acids is 1. The third kappa shape index (κ3) is 3.32. The monoisotopic (exact) mass is 329 g/mol. The van der Waals surface area contributed by atoms with Crippen LogP contribution in [-0.2, 0) is 7.05 Å². The first-order valence-corrected chi connectivity index (χ1v) is 7.92. The Morgan fingerprint density at radius 2 is 2.12 bits per heavy atom. The van der Waals surface area contributed by atoms with Crippen LogP contribution in [0.4, 0.5) is 14.9 Å². The molecule has 126 valence electrons. The molecule has 2 aromatic rings. The van der Waals surface area contributed by atoms with E-state index >= 15 is 0 Å². The first kappa shape index (κ1) is 16.2. The molecule has 1 aliphatic heterocycles. The smallest absolute Gasteiger partial charge is 0.321 e. The minimum absolute atomic E-state index is 0.113. The van der Waals surface area contributed by atoms with Gasteiger partial charge in [0.05, 0.1) is 5.69 Å². The van der Waals surface area contributed by atoms with E-state index in [1.807, 2.05) is 6.07 Å². The Morgan fingerprint density at radius 3 is 2.88 bits per heavy atom. The molecule has 1 unspecified atom stereocenters. The Bertz CT molecular complexity index is 831. The van der Waals surface area contributed by atoms with Crippen molar-refractivity contribution in [1.29, 1.82) is 0 Å². The first-order chi connectivity index (χ1) is 11.4. The molecule has 2 amide bonds. The molecule has 0 bridgehead atoms. The van der Waals surface area contributed by atoms with Gasteiger partial charge in [-0.1, -0.05) is 12.1 Å². The van der Waals surface area contributed by atoms with Crippen LogP contribution in [-0.4, -0.2) is 28.6 Å². The van der Waals surface area contributed by atoms with Crippen LogP contribution in [0.15, 0.2) is 41.3 Å². The minimum atomic E-state index is -0.253. The van der Waals surface area contributed by atoms with Gasteiger partial charge in [0.1, 0.15) is 5.82 Å². The lowest BCUT2D eigenvalue weighted by Gasteiger charge is -2.19. The average Bonchev–Trinajstić information content (AvgIpc) is 3.02. The van der Waals surface area contributed by atoms with Crippen LogP contribution in [0.1, 0.15) is 23.5 Å². The number of pyridine rings is 1. The maximum absolute atomic E-state index is 13.4. The molecule has 1 atom stereocenters. The van der Waals surface area contributed by atoms with Gasteiger partial charge in [0.25, 0.3) is 5.56 Å². The molecule has 6 heteroatoms. The highest BCUT2D eigenvalue weighted by molar-refractivity contribution is 5.90. The second-order valence-corrected chi connectivity index (χ2v) is 6.24. The van der Waals surface area contributed by atoms with Gasteiger partial charge in [-0.3, -0.25) is 4.79 Å². The highest BCUT2D eigenvalue weighted by Crippen LogP contribution is 2.28. The van der Waals surface area contributed by atoms with E-state index in [-0.39, 0.29) is 23.3 Å². The van der Waals surface area contributed by atoms with Crippen molar-refractivity contribution in [3.63, 3.8) is 0 Å². The normalized spacial score (nSPS) is 17.1. The fourth-order valence-corrected chi connectivity index (χ4v) is 3.03. The number of likely N-dealkylation sites (tertiary alicyclic amines) is 1. The predicted molar refractivity (Wildman–Crippen MR) is 90.8 cm³/mol. The maximum Gasteiger partial charge on any atom is 0.321 e. The van der Waals surface area contributed by atoms with Gasteiger partial charge in [0.2, 0.25) is 0 Å². The molecule has 24 heavy (non-hydrogen) atoms. The fourth-order valence-electron chi connectivity index (χ4n) is 3.03. The molecule has 5 nitrogen and oxygen atoms in total. The van der Waals surface area contributed by atoms with Gasteiger partial charge in [-0.15, -0.1) is 0 Å². The number of hydrogen-bond acceptors (Lipinski definition) is 2. The van der Waals surface area contributed by atoms with Crippen molar-refractivity contribution in [1.82, 2.24) is 9.47 Å². The number of urea groups is 1. The molecular formula is C18H20FN3O2. The maximum atomic E-state index is 13.4. The molecule has 1 N–H and O–H groups in total. The quantitative estimate of drug-likeness (QED) is 0.921. The lowest BCUT2D eigenvalue weighted by Crippen LogP contribution is -2.33. The molecule has 2 heterocycles. The van der Waals surface area contributed by atoms with E-state index < -0.39 is 0 Å². The average molecular weight is 329 g/mol. The lowest BCUT2D eigenvalue weighted by molar-refractivity contribution is 0.222. The molecule has 0 spiro atoms. The van der Waals surface area contributed by atoms with E-state index in [0.717, 1.165) is 17.5 Å². The van der Waals surface area contributed by atoms with Crippen molar-refractivity contribution in [2.75, 3.05) is 18.4 Å². The Kier molecular flexibility index (Phi) is 4.38. The van der Waals surface area contributed by atoms with E-state index in [2.05, 4.69) is 5.32 Å². The number of benzene rings is 1. The Labute approximate surface area is 139 Å². The summed E-state index contributed by atoms with van der Waals surface area (Å²) in [5.41, 5.74) is 2.16. The summed E-state index contributed by atoms with van der Waals surface area (Å²) < 4.78 is 14.8. The molecule has 1 aliphatic rings. The third-order valence-corrected chi connectivity index (χ3v) is 4.47. The molecular weight excluding hydrogens is 309 g/mol.